The first-order chi connectivity index (χ1) is 13.7. The van der Waals surface area contributed by atoms with Crippen molar-refractivity contribution in [1.29, 1.82) is 0 Å². The maximum absolute atomic E-state index is 12.0. The molecule has 6 nitrogen and oxygen atoms in total. The van der Waals surface area contributed by atoms with Crippen LogP contribution in [0, 0.1) is 0 Å². The zero-order valence-electron chi connectivity index (χ0n) is 17.3. The number of hydrogen-bond acceptors (Lipinski definition) is 3. The molecule has 0 spiro atoms. The van der Waals surface area contributed by atoms with E-state index in [1.807, 2.05) is 18.2 Å². The fourth-order valence-corrected chi connectivity index (χ4v) is 4.19. The summed E-state index contributed by atoms with van der Waals surface area (Å²) in [7, 11) is 0. The minimum Gasteiger partial charge on any atom is -0.357 e. The molecule has 2 aliphatic heterocycles. The lowest BCUT2D eigenvalue weighted by atomic mass is 9.91. The molecule has 3 N–H and O–H groups in total. The monoisotopic (exact) mass is 385 g/mol. The molecule has 6 heteroatoms. The lowest BCUT2D eigenvalue weighted by Crippen LogP contribution is -2.41. The number of piperidine rings is 1. The van der Waals surface area contributed by atoms with Gasteiger partial charge in [-0.3, -0.25) is 9.79 Å². The van der Waals surface area contributed by atoms with Crippen molar-refractivity contribution in [3.8, 4) is 0 Å². The molecule has 1 saturated heterocycles. The number of nitrogens with zero attached hydrogens (tertiary/aromatic N) is 2. The quantitative estimate of drug-likeness (QED) is 0.383. The minimum atomic E-state index is 0.0764. The Morgan fingerprint density at radius 2 is 2.14 bits per heavy atom. The molecule has 1 aromatic carbocycles. The first kappa shape index (κ1) is 20.6. The third-order valence-corrected chi connectivity index (χ3v) is 5.78. The van der Waals surface area contributed by atoms with E-state index < -0.39 is 0 Å². The van der Waals surface area contributed by atoms with E-state index in [0.29, 0.717) is 19.0 Å². The summed E-state index contributed by atoms with van der Waals surface area (Å²) in [4.78, 5) is 19.4. The molecule has 2 heterocycles. The average molecular weight is 386 g/mol. The summed E-state index contributed by atoms with van der Waals surface area (Å²) in [5.74, 6) is 1.06. The molecule has 0 aliphatic carbocycles. The summed E-state index contributed by atoms with van der Waals surface area (Å²) in [6.07, 6.45) is 5.64. The van der Waals surface area contributed by atoms with Gasteiger partial charge in [-0.1, -0.05) is 24.6 Å². The molecule has 0 radical (unpaired) electrons. The average Bonchev–Trinajstić information content (AvgIpc) is 2.70. The molecule has 0 saturated carbocycles. The van der Waals surface area contributed by atoms with Crippen molar-refractivity contribution in [1.82, 2.24) is 15.5 Å². The number of rotatable bonds is 7. The van der Waals surface area contributed by atoms with Crippen molar-refractivity contribution in [3.63, 3.8) is 0 Å². The summed E-state index contributed by atoms with van der Waals surface area (Å²) in [5, 5.41) is 9.75. The Bertz CT molecular complexity index is 675. The summed E-state index contributed by atoms with van der Waals surface area (Å²) in [6.45, 7) is 9.16. The van der Waals surface area contributed by atoms with Gasteiger partial charge in [-0.05, 0) is 51.3 Å². The summed E-state index contributed by atoms with van der Waals surface area (Å²) in [6, 6.07) is 8.76. The van der Waals surface area contributed by atoms with Crippen molar-refractivity contribution in [3.05, 3.63) is 29.8 Å². The van der Waals surface area contributed by atoms with Crippen molar-refractivity contribution in [2.24, 2.45) is 4.99 Å². The number of fused-ring (bicyclic) bond motifs is 1. The second-order valence-corrected chi connectivity index (χ2v) is 7.92. The molecule has 2 aliphatic rings. The van der Waals surface area contributed by atoms with Crippen LogP contribution < -0.4 is 16.0 Å². The number of para-hydroxylation sites is 1. The first-order valence-electron chi connectivity index (χ1n) is 10.8. The second kappa shape index (κ2) is 10.5. The lowest BCUT2D eigenvalue weighted by Gasteiger charge is -2.33. The van der Waals surface area contributed by atoms with Crippen LogP contribution in [0.4, 0.5) is 5.69 Å². The normalized spacial score (nSPS) is 23.1. The van der Waals surface area contributed by atoms with Gasteiger partial charge in [-0.15, -0.1) is 0 Å². The van der Waals surface area contributed by atoms with Crippen LogP contribution in [0.5, 0.6) is 0 Å². The lowest BCUT2D eigenvalue weighted by molar-refractivity contribution is -0.116. The predicted octanol–water partition coefficient (Wildman–Crippen LogP) is 2.93. The molecule has 2 atom stereocenters. The van der Waals surface area contributed by atoms with Crippen LogP contribution in [0.2, 0.25) is 0 Å². The van der Waals surface area contributed by atoms with E-state index >= 15 is 0 Å². The van der Waals surface area contributed by atoms with Gasteiger partial charge in [0.2, 0.25) is 5.91 Å². The van der Waals surface area contributed by atoms with Gasteiger partial charge in [-0.25, -0.2) is 0 Å². The Kier molecular flexibility index (Phi) is 7.71. The maximum Gasteiger partial charge on any atom is 0.225 e. The third kappa shape index (κ3) is 5.71. The zero-order chi connectivity index (χ0) is 19.8. The summed E-state index contributed by atoms with van der Waals surface area (Å²) in [5.41, 5.74) is 2.10. The summed E-state index contributed by atoms with van der Waals surface area (Å²) >= 11 is 0. The Balaban J connectivity index is 1.51. The zero-order valence-corrected chi connectivity index (χ0v) is 17.3. The highest BCUT2D eigenvalue weighted by molar-refractivity contribution is 5.94. The van der Waals surface area contributed by atoms with E-state index in [1.165, 1.54) is 31.4 Å². The smallest absolute Gasteiger partial charge is 0.225 e. The number of nitrogens with one attached hydrogen (secondary N) is 3. The van der Waals surface area contributed by atoms with E-state index in [1.54, 1.807) is 0 Å². The molecule has 0 bridgehead atoms. The highest BCUT2D eigenvalue weighted by Crippen LogP contribution is 2.31. The molecule has 2 unspecified atom stereocenters. The molecule has 0 aromatic heterocycles. The van der Waals surface area contributed by atoms with Crippen LogP contribution in [-0.2, 0) is 4.79 Å². The highest BCUT2D eigenvalue weighted by atomic mass is 16.1. The fourth-order valence-electron chi connectivity index (χ4n) is 4.19. The molecular weight excluding hydrogens is 350 g/mol. The minimum absolute atomic E-state index is 0.0764. The van der Waals surface area contributed by atoms with Crippen molar-refractivity contribution < 1.29 is 4.79 Å². The molecule has 154 valence electrons. The van der Waals surface area contributed by atoms with Gasteiger partial charge in [0.15, 0.2) is 5.96 Å². The number of anilines is 1. The molecular formula is C22H35N5O. The largest absolute Gasteiger partial charge is 0.357 e. The number of carbonyl (C=O) groups is 1. The van der Waals surface area contributed by atoms with Crippen LogP contribution in [0.3, 0.4) is 0 Å². The predicted molar refractivity (Wildman–Crippen MR) is 116 cm³/mol. The van der Waals surface area contributed by atoms with Crippen LogP contribution >= 0.6 is 0 Å². The molecule has 1 aromatic rings. The van der Waals surface area contributed by atoms with Gasteiger partial charge in [0.25, 0.3) is 0 Å². The van der Waals surface area contributed by atoms with Crippen LogP contribution in [0.1, 0.15) is 57.4 Å². The number of guanidine groups is 1. The van der Waals surface area contributed by atoms with Gasteiger partial charge in [0.05, 0.1) is 6.54 Å². The second-order valence-electron chi connectivity index (χ2n) is 7.92. The number of likely N-dealkylation sites (tertiary alicyclic amines) is 1. The number of hydrogen-bond donors (Lipinski definition) is 3. The van der Waals surface area contributed by atoms with Crippen LogP contribution in [0.25, 0.3) is 0 Å². The van der Waals surface area contributed by atoms with Gasteiger partial charge in [0.1, 0.15) is 0 Å². The van der Waals surface area contributed by atoms with Crippen molar-refractivity contribution >= 4 is 17.6 Å². The standard InChI is InChI=1S/C22H35N5O/c1-3-23-22(24-12-8-14-27-13-7-6-9-17(27)2)25-16-18-15-21(28)26-20-11-5-4-10-19(18)20/h4-5,10-11,17-18H,3,6-9,12-16H2,1-2H3,(H,26,28)(H2,23,24,25). The molecule has 28 heavy (non-hydrogen) atoms. The van der Waals surface area contributed by atoms with Crippen LogP contribution in [0.15, 0.2) is 29.3 Å². The van der Waals surface area contributed by atoms with E-state index in [2.05, 4.69) is 40.8 Å². The Morgan fingerprint density at radius 1 is 1.29 bits per heavy atom. The molecule has 1 amide bonds. The number of aliphatic imine (C=N–C) groups is 1. The SMILES string of the molecule is CCNC(=NCC1CC(=O)Nc2ccccc21)NCCCN1CCCCC1C. The van der Waals surface area contributed by atoms with Crippen LogP contribution in [-0.4, -0.2) is 55.5 Å². The Labute approximate surface area is 169 Å². The Hall–Kier alpha value is -2.08. The van der Waals surface area contributed by atoms with Gasteiger partial charge >= 0.3 is 0 Å². The topological polar surface area (TPSA) is 68.8 Å². The third-order valence-electron chi connectivity index (χ3n) is 5.78. The van der Waals surface area contributed by atoms with Gasteiger partial charge in [-0.2, -0.15) is 0 Å². The van der Waals surface area contributed by atoms with Gasteiger partial charge < -0.3 is 20.9 Å². The van der Waals surface area contributed by atoms with Crippen molar-refractivity contribution in [2.75, 3.05) is 38.0 Å². The van der Waals surface area contributed by atoms with Crippen molar-refractivity contribution in [2.45, 2.75) is 57.9 Å². The van der Waals surface area contributed by atoms with E-state index in [-0.39, 0.29) is 11.8 Å². The first-order valence-corrected chi connectivity index (χ1v) is 10.8. The number of benzene rings is 1. The molecule has 1 fully saturated rings. The van der Waals surface area contributed by atoms with E-state index in [9.17, 15) is 4.79 Å². The highest BCUT2D eigenvalue weighted by Gasteiger charge is 2.24. The van der Waals surface area contributed by atoms with E-state index in [4.69, 9.17) is 4.99 Å². The van der Waals surface area contributed by atoms with E-state index in [0.717, 1.165) is 37.7 Å². The van der Waals surface area contributed by atoms with Gasteiger partial charge in [0, 0.05) is 43.7 Å². The maximum atomic E-state index is 12.0. The Morgan fingerprint density at radius 3 is 2.96 bits per heavy atom. The fraction of sp³-hybridized carbons (Fsp3) is 0.636. The summed E-state index contributed by atoms with van der Waals surface area (Å²) < 4.78 is 0. The number of carbonyl (C=O) groups excluding carboxylic acids is 1. The molecule has 3 rings (SSSR count). The number of amides is 1.